The summed E-state index contributed by atoms with van der Waals surface area (Å²) >= 11 is 0. The molecule has 3 aromatic carbocycles. The lowest BCUT2D eigenvalue weighted by Gasteiger charge is -2.42. The van der Waals surface area contributed by atoms with E-state index in [0.29, 0.717) is 6.42 Å². The van der Waals surface area contributed by atoms with E-state index in [9.17, 15) is 4.79 Å². The molecule has 0 aromatic heterocycles. The lowest BCUT2D eigenvalue weighted by molar-refractivity contribution is -0.119. The van der Waals surface area contributed by atoms with Gasteiger partial charge in [0.2, 0.25) is 5.91 Å². The van der Waals surface area contributed by atoms with E-state index in [-0.39, 0.29) is 24.0 Å². The summed E-state index contributed by atoms with van der Waals surface area (Å²) < 4.78 is 0. The summed E-state index contributed by atoms with van der Waals surface area (Å²) in [6.07, 6.45) is 6.63. The van der Waals surface area contributed by atoms with Crippen molar-refractivity contribution in [1.82, 2.24) is 0 Å². The van der Waals surface area contributed by atoms with Crippen LogP contribution in [0, 0.1) is 0 Å². The number of carbonyl (C=O) groups is 1. The number of nitrogens with zero attached hydrogens (tertiary/aromatic N) is 1. The minimum atomic E-state index is -0.176. The maximum absolute atomic E-state index is 13.5. The zero-order valence-corrected chi connectivity index (χ0v) is 17.3. The zero-order chi connectivity index (χ0) is 20.8. The van der Waals surface area contributed by atoms with E-state index in [0.717, 1.165) is 29.8 Å². The summed E-state index contributed by atoms with van der Waals surface area (Å²) in [5.74, 6) is 0.346. The number of rotatable bonds is 2. The molecule has 0 radical (unpaired) electrons. The zero-order valence-electron chi connectivity index (χ0n) is 17.3. The SMILES string of the molecule is O=C1CC(C2CCc3ccccc3N2)c2ccccc2N1C1C=Cc2ccccc2N1. The smallest absolute Gasteiger partial charge is 0.229 e. The number of para-hydroxylation sites is 3. The second-order valence-electron chi connectivity index (χ2n) is 8.62. The van der Waals surface area contributed by atoms with Gasteiger partial charge in [-0.05, 0) is 53.8 Å². The van der Waals surface area contributed by atoms with Gasteiger partial charge in [-0.15, -0.1) is 0 Å². The Balaban J connectivity index is 1.33. The Hall–Kier alpha value is -3.53. The Morgan fingerprint density at radius 3 is 2.55 bits per heavy atom. The van der Waals surface area contributed by atoms with Crippen molar-refractivity contribution in [3.63, 3.8) is 0 Å². The van der Waals surface area contributed by atoms with Gasteiger partial charge in [-0.1, -0.05) is 60.7 Å². The first-order chi connectivity index (χ1) is 15.3. The number of hydrogen-bond donors (Lipinski definition) is 2. The number of benzene rings is 3. The standard InChI is InChI=1S/C27H25N3O/c31-27-17-21(24-15-13-18-7-1-4-10-22(18)28-24)20-9-3-6-12-25(20)30(27)26-16-14-19-8-2-5-11-23(19)29-26/h1-12,14,16,21,24,26,28-29H,13,15,17H2. The normalized spacial score (nSPS) is 23.8. The minimum absolute atomic E-state index is 0.172. The van der Waals surface area contributed by atoms with Crippen molar-refractivity contribution in [2.75, 3.05) is 15.5 Å². The van der Waals surface area contributed by atoms with Crippen molar-refractivity contribution in [2.24, 2.45) is 0 Å². The van der Waals surface area contributed by atoms with Crippen LogP contribution in [-0.4, -0.2) is 18.1 Å². The van der Waals surface area contributed by atoms with Crippen molar-refractivity contribution in [3.05, 3.63) is 95.6 Å². The molecule has 0 saturated heterocycles. The van der Waals surface area contributed by atoms with Gasteiger partial charge in [0.25, 0.3) is 0 Å². The number of fused-ring (bicyclic) bond motifs is 3. The Labute approximate surface area is 182 Å². The van der Waals surface area contributed by atoms with Crippen LogP contribution in [-0.2, 0) is 11.2 Å². The van der Waals surface area contributed by atoms with Gasteiger partial charge < -0.3 is 10.6 Å². The summed E-state index contributed by atoms with van der Waals surface area (Å²) in [7, 11) is 0. The first-order valence-electron chi connectivity index (χ1n) is 11.1. The van der Waals surface area contributed by atoms with E-state index >= 15 is 0 Å². The van der Waals surface area contributed by atoms with Crippen molar-refractivity contribution in [2.45, 2.75) is 37.4 Å². The highest BCUT2D eigenvalue weighted by atomic mass is 16.2. The van der Waals surface area contributed by atoms with Crippen LogP contribution < -0.4 is 15.5 Å². The molecule has 0 spiro atoms. The lowest BCUT2D eigenvalue weighted by Crippen LogP contribution is -2.49. The summed E-state index contributed by atoms with van der Waals surface area (Å²) in [5.41, 5.74) is 7.07. The molecule has 0 fully saturated rings. The maximum Gasteiger partial charge on any atom is 0.229 e. The maximum atomic E-state index is 13.5. The molecule has 6 rings (SSSR count). The van der Waals surface area contributed by atoms with E-state index in [1.165, 1.54) is 16.8 Å². The quantitative estimate of drug-likeness (QED) is 0.598. The van der Waals surface area contributed by atoms with Gasteiger partial charge in [-0.2, -0.15) is 0 Å². The topological polar surface area (TPSA) is 44.4 Å². The average Bonchev–Trinajstić information content (AvgIpc) is 2.83. The van der Waals surface area contributed by atoms with Crippen LogP contribution in [0.5, 0.6) is 0 Å². The third-order valence-corrected chi connectivity index (χ3v) is 6.83. The molecule has 4 heteroatoms. The van der Waals surface area contributed by atoms with Crippen LogP contribution in [0.4, 0.5) is 17.1 Å². The predicted octanol–water partition coefficient (Wildman–Crippen LogP) is 5.40. The van der Waals surface area contributed by atoms with Gasteiger partial charge in [-0.25, -0.2) is 0 Å². The predicted molar refractivity (Wildman–Crippen MR) is 126 cm³/mol. The van der Waals surface area contributed by atoms with Crippen LogP contribution in [0.15, 0.2) is 78.9 Å². The molecular formula is C27H25N3O. The summed E-state index contributed by atoms with van der Waals surface area (Å²) in [6.45, 7) is 0. The minimum Gasteiger partial charge on any atom is -0.381 e. The third-order valence-electron chi connectivity index (χ3n) is 6.83. The monoisotopic (exact) mass is 407 g/mol. The van der Waals surface area contributed by atoms with E-state index in [1.54, 1.807) is 0 Å². The molecular weight excluding hydrogens is 382 g/mol. The summed E-state index contributed by atoms with van der Waals surface area (Å²) in [5, 5.41) is 7.28. The number of hydrogen-bond acceptors (Lipinski definition) is 3. The van der Waals surface area contributed by atoms with Crippen molar-refractivity contribution >= 4 is 29.0 Å². The fourth-order valence-corrected chi connectivity index (χ4v) is 5.31. The largest absolute Gasteiger partial charge is 0.381 e. The van der Waals surface area contributed by atoms with Gasteiger partial charge in [-0.3, -0.25) is 9.69 Å². The molecule has 2 N–H and O–H groups in total. The van der Waals surface area contributed by atoms with Crippen LogP contribution in [0.3, 0.4) is 0 Å². The Morgan fingerprint density at radius 2 is 1.61 bits per heavy atom. The Kier molecular flexibility index (Phi) is 4.30. The van der Waals surface area contributed by atoms with Crippen molar-refractivity contribution in [1.29, 1.82) is 0 Å². The van der Waals surface area contributed by atoms with Crippen molar-refractivity contribution in [3.8, 4) is 0 Å². The molecule has 154 valence electrons. The van der Waals surface area contributed by atoms with E-state index < -0.39 is 0 Å². The van der Waals surface area contributed by atoms with Crippen LogP contribution >= 0.6 is 0 Å². The average molecular weight is 408 g/mol. The highest BCUT2D eigenvalue weighted by molar-refractivity contribution is 5.99. The molecule has 3 atom stereocenters. The van der Waals surface area contributed by atoms with E-state index in [4.69, 9.17) is 0 Å². The lowest BCUT2D eigenvalue weighted by atomic mass is 9.79. The number of amides is 1. The highest BCUT2D eigenvalue weighted by Gasteiger charge is 2.39. The van der Waals surface area contributed by atoms with E-state index in [2.05, 4.69) is 77.4 Å². The molecule has 3 unspecified atom stereocenters. The molecule has 3 aliphatic heterocycles. The molecule has 4 nitrogen and oxygen atoms in total. The number of anilines is 3. The number of carbonyl (C=O) groups excluding carboxylic acids is 1. The van der Waals surface area contributed by atoms with Gasteiger partial charge in [0.15, 0.2) is 0 Å². The fourth-order valence-electron chi connectivity index (χ4n) is 5.31. The fraction of sp³-hybridized carbons (Fsp3) is 0.222. The molecule has 3 aliphatic rings. The Morgan fingerprint density at radius 1 is 0.839 bits per heavy atom. The van der Waals surface area contributed by atoms with Crippen LogP contribution in [0.25, 0.3) is 6.08 Å². The first kappa shape index (κ1) is 18.3. The van der Waals surface area contributed by atoms with Gasteiger partial charge in [0, 0.05) is 35.4 Å². The van der Waals surface area contributed by atoms with Crippen LogP contribution in [0.1, 0.15) is 35.4 Å². The van der Waals surface area contributed by atoms with Gasteiger partial charge in [0.05, 0.1) is 0 Å². The molecule has 3 aromatic rings. The van der Waals surface area contributed by atoms with Gasteiger partial charge in [0.1, 0.15) is 6.17 Å². The third kappa shape index (κ3) is 3.10. The second-order valence-corrected chi connectivity index (χ2v) is 8.62. The van der Waals surface area contributed by atoms with Gasteiger partial charge >= 0.3 is 0 Å². The van der Waals surface area contributed by atoms with Crippen LogP contribution in [0.2, 0.25) is 0 Å². The molecule has 1 amide bonds. The molecule has 0 bridgehead atoms. The number of nitrogens with one attached hydrogen (secondary N) is 2. The summed E-state index contributed by atoms with van der Waals surface area (Å²) in [4.78, 5) is 15.4. The van der Waals surface area contributed by atoms with Crippen molar-refractivity contribution < 1.29 is 4.79 Å². The Bertz CT molecular complexity index is 1180. The number of aryl methyl sites for hydroxylation is 1. The molecule has 0 aliphatic carbocycles. The van der Waals surface area contributed by atoms with E-state index in [1.807, 2.05) is 23.1 Å². The molecule has 0 saturated carbocycles. The summed E-state index contributed by atoms with van der Waals surface area (Å²) in [6, 6.07) is 25.4. The second kappa shape index (κ2) is 7.31. The molecule has 31 heavy (non-hydrogen) atoms. The first-order valence-corrected chi connectivity index (χ1v) is 11.1. The highest BCUT2D eigenvalue weighted by Crippen LogP contribution is 2.43. The molecule has 3 heterocycles.